The molecule has 5 nitrogen and oxygen atoms in total. The number of halogens is 2. The van der Waals surface area contributed by atoms with Gasteiger partial charge in [0.05, 0.1) is 16.9 Å². The molecule has 7 heteroatoms. The predicted molar refractivity (Wildman–Crippen MR) is 133 cm³/mol. The summed E-state index contributed by atoms with van der Waals surface area (Å²) in [5.41, 5.74) is 4.85. The highest BCUT2D eigenvalue weighted by Crippen LogP contribution is 2.66. The second-order valence-electron chi connectivity index (χ2n) is 8.52. The Kier molecular flexibility index (Phi) is 6.91. The molecule has 0 unspecified atom stereocenters. The highest BCUT2D eigenvalue weighted by Gasteiger charge is 2.64. The molecule has 164 valence electrons. The second-order valence-corrected chi connectivity index (χ2v) is 10.6. The lowest BCUT2D eigenvalue weighted by Crippen LogP contribution is -2.22. The summed E-state index contributed by atoms with van der Waals surface area (Å²) in [7, 11) is 1.62. The van der Waals surface area contributed by atoms with Gasteiger partial charge in [0.25, 0.3) is 0 Å². The lowest BCUT2D eigenvalue weighted by atomic mass is 9.90. The third-order valence-corrected chi connectivity index (χ3v) is 7.88. The average Bonchev–Trinajstić information content (AvgIpc) is 3.39. The molecule has 0 spiro atoms. The van der Waals surface area contributed by atoms with Crippen LogP contribution in [-0.2, 0) is 11.4 Å². The van der Waals surface area contributed by atoms with Gasteiger partial charge in [-0.1, -0.05) is 47.8 Å². The van der Waals surface area contributed by atoms with E-state index in [-0.39, 0.29) is 17.2 Å². The van der Waals surface area contributed by atoms with Crippen molar-refractivity contribution < 1.29 is 14.3 Å². The van der Waals surface area contributed by atoms with Crippen molar-refractivity contribution in [2.24, 2.45) is 22.4 Å². The minimum atomic E-state index is 0.0433. The smallest absolute Gasteiger partial charge is 0.244 e. The Morgan fingerprint density at radius 2 is 2.10 bits per heavy atom. The highest BCUT2D eigenvalue weighted by atomic mass is 127. The number of carbonyl (C=O) groups is 1. The van der Waals surface area contributed by atoms with Crippen molar-refractivity contribution in [3.8, 4) is 11.5 Å². The molecule has 31 heavy (non-hydrogen) atoms. The number of ether oxygens (including phenoxy) is 2. The van der Waals surface area contributed by atoms with E-state index < -0.39 is 0 Å². The average molecular weight is 597 g/mol. The molecule has 0 heterocycles. The summed E-state index contributed by atoms with van der Waals surface area (Å²) in [5.74, 6) is 2.01. The van der Waals surface area contributed by atoms with Gasteiger partial charge in [-0.3, -0.25) is 4.79 Å². The van der Waals surface area contributed by atoms with Crippen LogP contribution in [-0.4, -0.2) is 19.2 Å². The van der Waals surface area contributed by atoms with Crippen molar-refractivity contribution in [2.75, 3.05) is 7.11 Å². The first kappa shape index (κ1) is 22.6. The van der Waals surface area contributed by atoms with Gasteiger partial charge in [0.2, 0.25) is 5.91 Å². The second kappa shape index (κ2) is 9.48. The van der Waals surface area contributed by atoms with Gasteiger partial charge in [-0.2, -0.15) is 5.10 Å². The molecule has 2 aromatic carbocycles. The molecule has 0 radical (unpaired) electrons. The van der Waals surface area contributed by atoms with Crippen LogP contribution in [0.5, 0.6) is 11.5 Å². The normalized spacial score (nSPS) is 24.5. The molecule has 2 aliphatic carbocycles. The number of carbonyl (C=O) groups excluding carboxylic acids is 1. The van der Waals surface area contributed by atoms with Crippen LogP contribution in [0.1, 0.15) is 43.7 Å². The van der Waals surface area contributed by atoms with Crippen molar-refractivity contribution >= 4 is 50.6 Å². The number of methoxy groups -OCH3 is 1. The van der Waals surface area contributed by atoms with Gasteiger partial charge >= 0.3 is 0 Å². The Bertz CT molecular complexity index is 995. The van der Waals surface area contributed by atoms with Crippen LogP contribution >= 0.6 is 38.5 Å². The summed E-state index contributed by atoms with van der Waals surface area (Å²) in [6.07, 6.45) is 6.44. The summed E-state index contributed by atoms with van der Waals surface area (Å²) >= 11 is 5.67. The molecule has 0 saturated heterocycles. The molecule has 2 fully saturated rings. The van der Waals surface area contributed by atoms with Gasteiger partial charge in [0.15, 0.2) is 11.5 Å². The molecule has 1 N–H and O–H groups in total. The zero-order chi connectivity index (χ0) is 22.0. The van der Waals surface area contributed by atoms with Gasteiger partial charge < -0.3 is 9.47 Å². The molecule has 3 atom stereocenters. The fourth-order valence-electron chi connectivity index (χ4n) is 4.78. The monoisotopic (exact) mass is 596 g/mol. The molecule has 1 amide bonds. The number of hydrogen-bond donors (Lipinski definition) is 1. The van der Waals surface area contributed by atoms with E-state index in [1.807, 2.05) is 36.4 Å². The van der Waals surface area contributed by atoms with Gasteiger partial charge in [0, 0.05) is 10.4 Å². The van der Waals surface area contributed by atoms with Gasteiger partial charge in [-0.15, -0.1) is 0 Å². The Balaban J connectivity index is 1.39. The summed E-state index contributed by atoms with van der Waals surface area (Å²) in [4.78, 5) is 12.6. The molecule has 0 bridgehead atoms. The number of benzene rings is 2. The first-order valence-electron chi connectivity index (χ1n) is 10.5. The van der Waals surface area contributed by atoms with Gasteiger partial charge in [-0.25, -0.2) is 5.43 Å². The standard InChI is InChI=1S/C24H26BrIN2O3/c1-24-10-4-3-5-18(24)21(24)23(29)28-27-13-16-11-19(26)22(20(12-16)30-2)31-14-15-6-8-17(25)9-7-15/h6-9,11-13,18,21H,3-5,10,14H2,1-2H3,(H,28,29)/b27-13-/t18-,21-,24-/m0/s1. The summed E-state index contributed by atoms with van der Waals surface area (Å²) in [5, 5.41) is 4.21. The van der Waals surface area contributed by atoms with Crippen LogP contribution < -0.4 is 14.9 Å². The number of rotatable bonds is 7. The number of nitrogens with zero attached hydrogens (tertiary/aromatic N) is 1. The molecular weight excluding hydrogens is 571 g/mol. The summed E-state index contributed by atoms with van der Waals surface area (Å²) in [6.45, 7) is 2.69. The van der Waals surface area contributed by atoms with E-state index in [2.05, 4.69) is 56.0 Å². The van der Waals surface area contributed by atoms with E-state index in [0.717, 1.165) is 32.0 Å². The van der Waals surface area contributed by atoms with E-state index in [9.17, 15) is 4.79 Å². The zero-order valence-corrected chi connectivity index (χ0v) is 21.4. The minimum absolute atomic E-state index is 0.0433. The first-order valence-corrected chi connectivity index (χ1v) is 12.4. The van der Waals surface area contributed by atoms with Gasteiger partial charge in [0.1, 0.15) is 6.61 Å². The summed E-state index contributed by atoms with van der Waals surface area (Å²) in [6, 6.07) is 11.9. The van der Waals surface area contributed by atoms with Crippen molar-refractivity contribution in [2.45, 2.75) is 39.2 Å². The van der Waals surface area contributed by atoms with Crippen molar-refractivity contribution in [3.63, 3.8) is 0 Å². The lowest BCUT2D eigenvalue weighted by Gasteiger charge is -2.15. The van der Waals surface area contributed by atoms with Crippen LogP contribution in [0.25, 0.3) is 0 Å². The summed E-state index contributed by atoms with van der Waals surface area (Å²) < 4.78 is 13.5. The number of amides is 1. The maximum Gasteiger partial charge on any atom is 0.244 e. The lowest BCUT2D eigenvalue weighted by molar-refractivity contribution is -0.123. The van der Waals surface area contributed by atoms with Crippen molar-refractivity contribution in [3.05, 3.63) is 55.6 Å². The number of hydrogen-bond acceptors (Lipinski definition) is 4. The van der Waals surface area contributed by atoms with Crippen molar-refractivity contribution in [1.29, 1.82) is 0 Å². The third kappa shape index (κ3) is 4.92. The molecule has 4 rings (SSSR count). The number of fused-ring (bicyclic) bond motifs is 1. The quantitative estimate of drug-likeness (QED) is 0.245. The fourth-order valence-corrected chi connectivity index (χ4v) is 5.83. The molecule has 2 saturated carbocycles. The SMILES string of the molecule is COc1cc(/C=N\NC(=O)[C@@H]2[C@@H]3CCCC[C@]23C)cc(I)c1OCc1ccc(Br)cc1. The maximum absolute atomic E-state index is 12.6. The molecule has 0 aliphatic heterocycles. The maximum atomic E-state index is 12.6. The molecule has 2 aromatic rings. The van der Waals surface area contributed by atoms with E-state index in [1.165, 1.54) is 12.8 Å². The number of nitrogens with one attached hydrogen (secondary N) is 1. The Morgan fingerprint density at radius 3 is 2.77 bits per heavy atom. The Morgan fingerprint density at radius 1 is 1.32 bits per heavy atom. The topological polar surface area (TPSA) is 59.9 Å². The number of hydrazone groups is 1. The van der Waals surface area contributed by atoms with Crippen LogP contribution in [0.15, 0.2) is 46.0 Å². The zero-order valence-electron chi connectivity index (χ0n) is 17.7. The highest BCUT2D eigenvalue weighted by molar-refractivity contribution is 14.1. The fraction of sp³-hybridized carbons (Fsp3) is 0.417. The van der Waals surface area contributed by atoms with E-state index >= 15 is 0 Å². The van der Waals surface area contributed by atoms with E-state index in [4.69, 9.17) is 9.47 Å². The van der Waals surface area contributed by atoms with Crippen LogP contribution in [0, 0.1) is 20.8 Å². The minimum Gasteiger partial charge on any atom is -0.493 e. The van der Waals surface area contributed by atoms with Gasteiger partial charge in [-0.05, 0) is 82.2 Å². The van der Waals surface area contributed by atoms with Crippen LogP contribution in [0.2, 0.25) is 0 Å². The molecule has 2 aliphatic rings. The molecule has 0 aromatic heterocycles. The van der Waals surface area contributed by atoms with Crippen LogP contribution in [0.3, 0.4) is 0 Å². The largest absolute Gasteiger partial charge is 0.493 e. The van der Waals surface area contributed by atoms with Crippen molar-refractivity contribution in [1.82, 2.24) is 5.43 Å². The van der Waals surface area contributed by atoms with Crippen LogP contribution in [0.4, 0.5) is 0 Å². The third-order valence-electron chi connectivity index (χ3n) is 6.55. The Labute approximate surface area is 205 Å². The first-order chi connectivity index (χ1) is 14.9. The Hall–Kier alpha value is -1.61. The molecular formula is C24H26BrIN2O3. The van der Waals surface area contributed by atoms with E-state index in [1.54, 1.807) is 13.3 Å². The van der Waals surface area contributed by atoms with E-state index in [0.29, 0.717) is 24.0 Å². The predicted octanol–water partition coefficient (Wildman–Crippen LogP) is 5.92.